The highest BCUT2D eigenvalue weighted by atomic mass is 16.1. The number of aromatic nitrogens is 3. The van der Waals surface area contributed by atoms with Crippen LogP contribution in [0.15, 0.2) is 24.5 Å². The topological polar surface area (TPSA) is 63.1 Å². The molecule has 110 valence electrons. The Bertz CT molecular complexity index is 672. The van der Waals surface area contributed by atoms with E-state index in [-0.39, 0.29) is 5.91 Å². The van der Waals surface area contributed by atoms with Crippen LogP contribution in [0.1, 0.15) is 34.8 Å². The molecule has 6 heteroatoms. The molecule has 0 saturated heterocycles. The molecule has 1 aliphatic rings. The van der Waals surface area contributed by atoms with Gasteiger partial charge in [-0.2, -0.15) is 5.10 Å². The number of hydrogen-bond acceptors (Lipinski definition) is 4. The fourth-order valence-electron chi connectivity index (χ4n) is 2.29. The van der Waals surface area contributed by atoms with Crippen LogP contribution in [0.5, 0.6) is 0 Å². The SMILES string of the molecule is CN(C)c1ccnc(NC(=O)c2cn(C)nc2C2CC2)c1. The monoisotopic (exact) mass is 285 g/mol. The van der Waals surface area contributed by atoms with Gasteiger partial charge in [-0.3, -0.25) is 9.48 Å². The first kappa shape index (κ1) is 13.6. The third kappa shape index (κ3) is 2.89. The Morgan fingerprint density at radius 1 is 1.43 bits per heavy atom. The average molecular weight is 285 g/mol. The number of anilines is 2. The zero-order chi connectivity index (χ0) is 15.0. The number of amides is 1. The van der Waals surface area contributed by atoms with E-state index in [1.807, 2.05) is 38.2 Å². The second kappa shape index (κ2) is 5.20. The summed E-state index contributed by atoms with van der Waals surface area (Å²) < 4.78 is 1.70. The maximum absolute atomic E-state index is 12.4. The van der Waals surface area contributed by atoms with Gasteiger partial charge in [-0.25, -0.2) is 4.98 Å². The van der Waals surface area contributed by atoms with Crippen molar-refractivity contribution in [1.29, 1.82) is 0 Å². The molecule has 0 unspecified atom stereocenters. The Morgan fingerprint density at radius 3 is 2.86 bits per heavy atom. The summed E-state index contributed by atoms with van der Waals surface area (Å²) in [5, 5.41) is 7.27. The van der Waals surface area contributed by atoms with Crippen molar-refractivity contribution in [3.8, 4) is 0 Å². The van der Waals surface area contributed by atoms with Gasteiger partial charge in [0.2, 0.25) is 0 Å². The number of nitrogens with zero attached hydrogens (tertiary/aromatic N) is 4. The normalized spacial score (nSPS) is 14.0. The van der Waals surface area contributed by atoms with Crippen molar-refractivity contribution in [3.05, 3.63) is 35.8 Å². The third-order valence-corrected chi connectivity index (χ3v) is 3.57. The Hall–Kier alpha value is -2.37. The van der Waals surface area contributed by atoms with E-state index in [4.69, 9.17) is 0 Å². The second-order valence-electron chi connectivity index (χ2n) is 5.62. The number of rotatable bonds is 4. The summed E-state index contributed by atoms with van der Waals surface area (Å²) in [6.07, 6.45) is 5.70. The van der Waals surface area contributed by atoms with Gasteiger partial charge in [0, 0.05) is 51.2 Å². The molecule has 2 aromatic heterocycles. The van der Waals surface area contributed by atoms with Gasteiger partial charge in [0.1, 0.15) is 5.82 Å². The van der Waals surface area contributed by atoms with Crippen molar-refractivity contribution in [1.82, 2.24) is 14.8 Å². The van der Waals surface area contributed by atoms with E-state index in [0.29, 0.717) is 17.3 Å². The first-order valence-electron chi connectivity index (χ1n) is 7.03. The highest BCUT2D eigenvalue weighted by Crippen LogP contribution is 2.40. The van der Waals surface area contributed by atoms with Crippen molar-refractivity contribution >= 4 is 17.4 Å². The van der Waals surface area contributed by atoms with E-state index in [2.05, 4.69) is 15.4 Å². The van der Waals surface area contributed by atoms with Crippen LogP contribution in [0.25, 0.3) is 0 Å². The van der Waals surface area contributed by atoms with Gasteiger partial charge in [0.05, 0.1) is 11.3 Å². The van der Waals surface area contributed by atoms with Crippen LogP contribution >= 0.6 is 0 Å². The Balaban J connectivity index is 1.81. The zero-order valence-corrected chi connectivity index (χ0v) is 12.5. The first-order chi connectivity index (χ1) is 10.0. The summed E-state index contributed by atoms with van der Waals surface area (Å²) >= 11 is 0. The standard InChI is InChI=1S/C15H19N5O/c1-19(2)11-6-7-16-13(8-11)17-15(21)12-9-20(3)18-14(12)10-4-5-10/h6-10H,4-5H2,1-3H3,(H,16,17,21). The minimum atomic E-state index is -0.145. The molecule has 21 heavy (non-hydrogen) atoms. The van der Waals surface area contributed by atoms with E-state index >= 15 is 0 Å². The number of carbonyl (C=O) groups is 1. The van der Waals surface area contributed by atoms with E-state index < -0.39 is 0 Å². The Labute approximate surface area is 123 Å². The maximum atomic E-state index is 12.4. The van der Waals surface area contributed by atoms with Crippen LogP contribution in [0.3, 0.4) is 0 Å². The number of nitrogens with one attached hydrogen (secondary N) is 1. The van der Waals surface area contributed by atoms with Crippen molar-refractivity contribution in [3.63, 3.8) is 0 Å². The van der Waals surface area contributed by atoms with Crippen LogP contribution < -0.4 is 10.2 Å². The average Bonchev–Trinajstić information content (AvgIpc) is 3.21. The van der Waals surface area contributed by atoms with Gasteiger partial charge in [0.25, 0.3) is 5.91 Å². The fraction of sp³-hybridized carbons (Fsp3) is 0.400. The van der Waals surface area contributed by atoms with Gasteiger partial charge >= 0.3 is 0 Å². The van der Waals surface area contributed by atoms with E-state index in [1.165, 1.54) is 0 Å². The van der Waals surface area contributed by atoms with Gasteiger partial charge < -0.3 is 10.2 Å². The molecule has 2 aromatic rings. The number of carbonyl (C=O) groups excluding carboxylic acids is 1. The van der Waals surface area contributed by atoms with Gasteiger partial charge in [-0.1, -0.05) is 0 Å². The lowest BCUT2D eigenvalue weighted by atomic mass is 10.1. The van der Waals surface area contributed by atoms with Crippen LogP contribution in [-0.2, 0) is 7.05 Å². The maximum Gasteiger partial charge on any atom is 0.260 e. The molecule has 2 heterocycles. The zero-order valence-electron chi connectivity index (χ0n) is 12.5. The highest BCUT2D eigenvalue weighted by Gasteiger charge is 2.31. The fourth-order valence-corrected chi connectivity index (χ4v) is 2.29. The van der Waals surface area contributed by atoms with Crippen molar-refractivity contribution < 1.29 is 4.79 Å². The summed E-state index contributed by atoms with van der Waals surface area (Å²) in [7, 11) is 5.74. The molecule has 1 amide bonds. The first-order valence-corrected chi connectivity index (χ1v) is 7.03. The molecule has 0 aliphatic heterocycles. The quantitative estimate of drug-likeness (QED) is 0.933. The predicted octanol–water partition coefficient (Wildman–Crippen LogP) is 2.01. The number of pyridine rings is 1. The highest BCUT2D eigenvalue weighted by molar-refractivity contribution is 6.04. The molecular formula is C15H19N5O. The Kier molecular flexibility index (Phi) is 3.37. The molecule has 0 bridgehead atoms. The molecule has 1 aliphatic carbocycles. The summed E-state index contributed by atoms with van der Waals surface area (Å²) in [4.78, 5) is 18.6. The lowest BCUT2D eigenvalue weighted by Crippen LogP contribution is -2.15. The van der Waals surface area contributed by atoms with Gasteiger partial charge in [-0.15, -0.1) is 0 Å². The molecule has 0 aromatic carbocycles. The second-order valence-corrected chi connectivity index (χ2v) is 5.62. The minimum Gasteiger partial charge on any atom is -0.378 e. The molecular weight excluding hydrogens is 266 g/mol. The molecule has 0 spiro atoms. The van der Waals surface area contributed by atoms with E-state index in [9.17, 15) is 4.79 Å². The summed E-state index contributed by atoms with van der Waals surface area (Å²) in [5.74, 6) is 0.846. The summed E-state index contributed by atoms with van der Waals surface area (Å²) in [6.45, 7) is 0. The van der Waals surface area contributed by atoms with Crippen molar-refractivity contribution in [2.75, 3.05) is 24.3 Å². The largest absolute Gasteiger partial charge is 0.378 e. The van der Waals surface area contributed by atoms with Crippen LogP contribution in [0.4, 0.5) is 11.5 Å². The van der Waals surface area contributed by atoms with E-state index in [0.717, 1.165) is 24.2 Å². The van der Waals surface area contributed by atoms with Crippen molar-refractivity contribution in [2.24, 2.45) is 7.05 Å². The van der Waals surface area contributed by atoms with E-state index in [1.54, 1.807) is 17.1 Å². The molecule has 6 nitrogen and oxygen atoms in total. The van der Waals surface area contributed by atoms with Gasteiger partial charge in [-0.05, 0) is 18.9 Å². The molecule has 1 N–H and O–H groups in total. The smallest absolute Gasteiger partial charge is 0.260 e. The number of hydrogen-bond donors (Lipinski definition) is 1. The molecule has 1 fully saturated rings. The molecule has 0 radical (unpaired) electrons. The lowest BCUT2D eigenvalue weighted by Gasteiger charge is -2.13. The molecule has 3 rings (SSSR count). The van der Waals surface area contributed by atoms with Crippen molar-refractivity contribution in [2.45, 2.75) is 18.8 Å². The van der Waals surface area contributed by atoms with Crippen LogP contribution in [0.2, 0.25) is 0 Å². The lowest BCUT2D eigenvalue weighted by molar-refractivity contribution is 0.102. The number of aryl methyl sites for hydroxylation is 1. The third-order valence-electron chi connectivity index (χ3n) is 3.57. The predicted molar refractivity (Wildman–Crippen MR) is 81.7 cm³/mol. The van der Waals surface area contributed by atoms with Crippen LogP contribution in [-0.4, -0.2) is 34.8 Å². The molecule has 0 atom stereocenters. The summed E-state index contributed by atoms with van der Waals surface area (Å²) in [5.41, 5.74) is 2.55. The summed E-state index contributed by atoms with van der Waals surface area (Å²) in [6, 6.07) is 3.75. The minimum absolute atomic E-state index is 0.145. The molecule has 1 saturated carbocycles. The van der Waals surface area contributed by atoms with Crippen LogP contribution in [0, 0.1) is 0 Å². The Morgan fingerprint density at radius 2 is 2.19 bits per heavy atom. The van der Waals surface area contributed by atoms with Gasteiger partial charge in [0.15, 0.2) is 0 Å².